The molecule has 1 N–H and O–H groups in total. The van der Waals surface area contributed by atoms with E-state index in [4.69, 9.17) is 18.9 Å². The van der Waals surface area contributed by atoms with E-state index in [1.807, 2.05) is 24.4 Å². The number of dihydropyridines is 1. The summed E-state index contributed by atoms with van der Waals surface area (Å²) in [6, 6.07) is 7.74. The molecule has 1 aromatic heterocycles. The fourth-order valence-electron chi connectivity index (χ4n) is 5.92. The zero-order valence-corrected chi connectivity index (χ0v) is 22.5. The van der Waals surface area contributed by atoms with E-state index in [-0.39, 0.29) is 17.8 Å². The topological polar surface area (TPSA) is 83.1 Å². The van der Waals surface area contributed by atoms with Crippen LogP contribution in [0.4, 0.5) is 0 Å². The molecule has 2 aliphatic carbocycles. The minimum Gasteiger partial charge on any atom is -0.493 e. The van der Waals surface area contributed by atoms with Crippen LogP contribution in [0.2, 0.25) is 0 Å². The molecule has 37 heavy (non-hydrogen) atoms. The van der Waals surface area contributed by atoms with E-state index in [9.17, 15) is 9.59 Å². The van der Waals surface area contributed by atoms with Crippen molar-refractivity contribution in [3.8, 4) is 17.2 Å². The third-order valence-electron chi connectivity index (χ3n) is 7.61. The molecule has 3 aliphatic rings. The number of ketones is 1. The van der Waals surface area contributed by atoms with Gasteiger partial charge in [-0.3, -0.25) is 4.79 Å². The molecule has 1 aromatic carbocycles. The van der Waals surface area contributed by atoms with E-state index < -0.39 is 11.9 Å². The Morgan fingerprint density at radius 1 is 1.00 bits per heavy atom. The summed E-state index contributed by atoms with van der Waals surface area (Å²) in [4.78, 5) is 28.7. The number of Topliss-reactive ketones (excluding diaryl/α,β-unsaturated/α-hetero) is 1. The van der Waals surface area contributed by atoms with Crippen molar-refractivity contribution in [3.05, 3.63) is 62.6 Å². The van der Waals surface area contributed by atoms with Crippen molar-refractivity contribution in [1.29, 1.82) is 0 Å². The number of nitrogens with one attached hydrogen (secondary N) is 1. The van der Waals surface area contributed by atoms with Crippen LogP contribution >= 0.6 is 11.3 Å². The summed E-state index contributed by atoms with van der Waals surface area (Å²) in [5.41, 5.74) is 3.27. The van der Waals surface area contributed by atoms with Gasteiger partial charge in [-0.25, -0.2) is 4.79 Å². The third-order valence-corrected chi connectivity index (χ3v) is 8.65. The van der Waals surface area contributed by atoms with Crippen LogP contribution in [0.15, 0.2) is 52.2 Å². The molecule has 2 aromatic rings. The maximum Gasteiger partial charge on any atom is 0.337 e. The number of rotatable bonds is 7. The normalized spacial score (nSPS) is 22.0. The molecule has 2 atom stereocenters. The number of hydrogen-bond donors (Lipinski definition) is 1. The van der Waals surface area contributed by atoms with Gasteiger partial charge in [0.1, 0.15) is 6.10 Å². The van der Waals surface area contributed by atoms with Gasteiger partial charge in [0, 0.05) is 39.7 Å². The number of allylic oxidation sites excluding steroid dienone is 3. The molecule has 0 spiro atoms. The van der Waals surface area contributed by atoms with Crippen LogP contribution in [0.1, 0.15) is 67.7 Å². The SMILES string of the molecule is COc1ccc([C@H]2C(C(=O)OC3CCCC3)=C(C)NC3=C2C(=O)C[C@H](c2cccs2)C3)c(OC)c1OC. The highest BCUT2D eigenvalue weighted by atomic mass is 32.1. The Hall–Kier alpha value is -3.26. The monoisotopic (exact) mass is 523 g/mol. The van der Waals surface area contributed by atoms with E-state index in [0.29, 0.717) is 52.5 Å². The van der Waals surface area contributed by atoms with Crippen molar-refractivity contribution in [1.82, 2.24) is 5.32 Å². The van der Waals surface area contributed by atoms with E-state index in [2.05, 4.69) is 11.4 Å². The number of carbonyl (C=O) groups is 2. The Morgan fingerprint density at radius 2 is 1.76 bits per heavy atom. The molecule has 0 radical (unpaired) electrons. The quantitative estimate of drug-likeness (QED) is 0.472. The Balaban J connectivity index is 1.64. The summed E-state index contributed by atoms with van der Waals surface area (Å²) in [6.07, 6.45) is 4.82. The summed E-state index contributed by atoms with van der Waals surface area (Å²) in [7, 11) is 4.66. The average molecular weight is 524 g/mol. The average Bonchev–Trinajstić information content (AvgIpc) is 3.61. The van der Waals surface area contributed by atoms with Gasteiger partial charge >= 0.3 is 5.97 Å². The molecule has 7 nitrogen and oxygen atoms in total. The highest BCUT2D eigenvalue weighted by Gasteiger charge is 2.43. The molecule has 196 valence electrons. The van der Waals surface area contributed by atoms with Crippen molar-refractivity contribution in [2.45, 2.75) is 63.4 Å². The number of ether oxygens (including phenoxy) is 4. The van der Waals surface area contributed by atoms with Gasteiger partial charge in [-0.1, -0.05) is 12.1 Å². The molecule has 5 rings (SSSR count). The maximum absolute atomic E-state index is 13.8. The first-order valence-corrected chi connectivity index (χ1v) is 13.6. The van der Waals surface area contributed by atoms with Gasteiger partial charge in [-0.2, -0.15) is 0 Å². The van der Waals surface area contributed by atoms with Gasteiger partial charge in [0.2, 0.25) is 5.75 Å². The van der Waals surface area contributed by atoms with Gasteiger partial charge in [0.25, 0.3) is 0 Å². The summed E-state index contributed by atoms with van der Waals surface area (Å²) in [6.45, 7) is 1.88. The number of thiophene rings is 1. The van der Waals surface area contributed by atoms with Gasteiger partial charge in [0.05, 0.1) is 32.8 Å². The van der Waals surface area contributed by atoms with Crippen LogP contribution in [0.25, 0.3) is 0 Å². The molecule has 0 saturated heterocycles. The van der Waals surface area contributed by atoms with Crippen molar-refractivity contribution in [3.63, 3.8) is 0 Å². The van der Waals surface area contributed by atoms with E-state index in [0.717, 1.165) is 31.4 Å². The van der Waals surface area contributed by atoms with E-state index in [1.54, 1.807) is 38.7 Å². The fraction of sp³-hybridized carbons (Fsp3) is 0.448. The smallest absolute Gasteiger partial charge is 0.337 e. The van der Waals surface area contributed by atoms with Crippen LogP contribution in [0.5, 0.6) is 17.2 Å². The molecule has 0 unspecified atom stereocenters. The second kappa shape index (κ2) is 10.6. The maximum atomic E-state index is 13.8. The summed E-state index contributed by atoms with van der Waals surface area (Å²) < 4.78 is 22.9. The Morgan fingerprint density at radius 3 is 2.41 bits per heavy atom. The highest BCUT2D eigenvalue weighted by Crippen LogP contribution is 2.51. The molecule has 1 fully saturated rings. The molecule has 1 saturated carbocycles. The number of hydrogen-bond acceptors (Lipinski definition) is 8. The van der Waals surface area contributed by atoms with Crippen molar-refractivity contribution in [2.24, 2.45) is 0 Å². The largest absolute Gasteiger partial charge is 0.493 e. The molecule has 0 amide bonds. The zero-order chi connectivity index (χ0) is 26.1. The predicted octanol–water partition coefficient (Wildman–Crippen LogP) is 5.62. The van der Waals surface area contributed by atoms with Gasteiger partial charge < -0.3 is 24.3 Å². The lowest BCUT2D eigenvalue weighted by atomic mass is 9.72. The highest BCUT2D eigenvalue weighted by molar-refractivity contribution is 7.10. The van der Waals surface area contributed by atoms with Crippen molar-refractivity contribution < 1.29 is 28.5 Å². The van der Waals surface area contributed by atoms with Crippen LogP contribution < -0.4 is 19.5 Å². The summed E-state index contributed by atoms with van der Waals surface area (Å²) in [5.74, 6) is 0.459. The van der Waals surface area contributed by atoms with E-state index in [1.165, 1.54) is 4.88 Å². The Kier molecular flexibility index (Phi) is 7.29. The number of esters is 1. The summed E-state index contributed by atoms with van der Waals surface area (Å²) >= 11 is 1.67. The molecular formula is C29H33NO6S. The summed E-state index contributed by atoms with van der Waals surface area (Å²) in [5, 5.41) is 5.47. The first kappa shape index (κ1) is 25.4. The Labute approximate surface area is 221 Å². The molecular weight excluding hydrogens is 490 g/mol. The third kappa shape index (κ3) is 4.63. The molecule has 8 heteroatoms. The van der Waals surface area contributed by atoms with Crippen molar-refractivity contribution >= 4 is 23.1 Å². The number of benzene rings is 1. The number of methoxy groups -OCH3 is 3. The Bertz CT molecular complexity index is 1260. The minimum absolute atomic E-state index is 0.0210. The van der Waals surface area contributed by atoms with Crippen LogP contribution in [-0.2, 0) is 14.3 Å². The lowest BCUT2D eigenvalue weighted by Gasteiger charge is -2.37. The lowest BCUT2D eigenvalue weighted by molar-refractivity contribution is -0.144. The predicted molar refractivity (Wildman–Crippen MR) is 141 cm³/mol. The van der Waals surface area contributed by atoms with Crippen LogP contribution in [-0.4, -0.2) is 39.2 Å². The van der Waals surface area contributed by atoms with Crippen LogP contribution in [0.3, 0.4) is 0 Å². The number of carbonyl (C=O) groups excluding carboxylic acids is 2. The second-order valence-corrected chi connectivity index (χ2v) is 10.7. The second-order valence-electron chi connectivity index (χ2n) is 9.77. The molecule has 1 aliphatic heterocycles. The van der Waals surface area contributed by atoms with Crippen LogP contribution in [0, 0.1) is 0 Å². The molecule has 0 bridgehead atoms. The minimum atomic E-state index is -0.642. The van der Waals surface area contributed by atoms with Crippen molar-refractivity contribution in [2.75, 3.05) is 21.3 Å². The van der Waals surface area contributed by atoms with Gasteiger partial charge in [-0.15, -0.1) is 11.3 Å². The van der Waals surface area contributed by atoms with E-state index >= 15 is 0 Å². The van der Waals surface area contributed by atoms with Gasteiger partial charge in [-0.05, 0) is 56.5 Å². The first-order chi connectivity index (χ1) is 18.0. The zero-order valence-electron chi connectivity index (χ0n) is 21.7. The fourth-order valence-corrected chi connectivity index (χ4v) is 6.75. The lowest BCUT2D eigenvalue weighted by Crippen LogP contribution is -2.36. The first-order valence-electron chi connectivity index (χ1n) is 12.7. The van der Waals surface area contributed by atoms with Gasteiger partial charge in [0.15, 0.2) is 17.3 Å². The standard InChI is InChI=1S/C29H33NO6S/c1-16-24(29(32)36-18-8-5-6-9-18)25(19-11-12-22(33-2)28(35-4)27(19)34-3)26-20(30-16)14-17(15-21(26)31)23-10-7-13-37-23/h7,10-13,17-18,25,30H,5-6,8-9,14-15H2,1-4H3/t17-,25+/m1/s1. The molecule has 2 heterocycles.